The van der Waals surface area contributed by atoms with Crippen molar-refractivity contribution < 1.29 is 4.74 Å². The van der Waals surface area contributed by atoms with Gasteiger partial charge in [-0.15, -0.1) is 0 Å². The first-order chi connectivity index (χ1) is 8.36. The number of nitrogens with one attached hydrogen (secondary N) is 1. The Morgan fingerprint density at radius 2 is 2.12 bits per heavy atom. The summed E-state index contributed by atoms with van der Waals surface area (Å²) in [5.41, 5.74) is 4.20. The van der Waals surface area contributed by atoms with Gasteiger partial charge in [-0.3, -0.25) is 5.84 Å². The summed E-state index contributed by atoms with van der Waals surface area (Å²) in [5, 5.41) is 0. The average Bonchev–Trinajstić information content (AvgIpc) is 2.90. The highest BCUT2D eigenvalue weighted by molar-refractivity contribution is 5.25. The Morgan fingerprint density at radius 3 is 2.65 bits per heavy atom. The van der Waals surface area contributed by atoms with Crippen LogP contribution < -0.4 is 11.3 Å². The molecular weight excluding hydrogens is 212 g/mol. The molecule has 3 N–H and O–H groups in total. The van der Waals surface area contributed by atoms with E-state index in [0.717, 1.165) is 25.2 Å². The highest BCUT2D eigenvalue weighted by atomic mass is 16.5. The van der Waals surface area contributed by atoms with E-state index in [9.17, 15) is 0 Å². The van der Waals surface area contributed by atoms with Crippen LogP contribution in [0.5, 0.6) is 0 Å². The van der Waals surface area contributed by atoms with Crippen LogP contribution in [0.4, 0.5) is 0 Å². The van der Waals surface area contributed by atoms with Gasteiger partial charge < -0.3 is 4.74 Å². The van der Waals surface area contributed by atoms with Crippen LogP contribution in [0, 0.1) is 0 Å². The highest BCUT2D eigenvalue weighted by Crippen LogP contribution is 2.29. The molecule has 92 valence electrons. The fourth-order valence-corrected chi connectivity index (χ4v) is 2.41. The smallest absolute Gasteiger partial charge is 0.111 e. The number of hydrogen-bond donors (Lipinski definition) is 2. The fraction of sp³-hybridized carbons (Fsp3) is 0.429. The van der Waals surface area contributed by atoms with Crippen LogP contribution in [-0.4, -0.2) is 12.6 Å². The third-order valence-corrected chi connectivity index (χ3v) is 3.29. The van der Waals surface area contributed by atoms with Crippen LogP contribution in [0.1, 0.15) is 31.2 Å². The molecular formula is C14H20N2O. The first-order valence-electron chi connectivity index (χ1n) is 6.20. The molecule has 0 aliphatic carbocycles. The summed E-state index contributed by atoms with van der Waals surface area (Å²) in [6.45, 7) is 2.95. The molecule has 0 aromatic heterocycles. The Balaban J connectivity index is 2.21. The molecule has 0 saturated heterocycles. The van der Waals surface area contributed by atoms with Crippen molar-refractivity contribution in [2.75, 3.05) is 6.61 Å². The Hall–Kier alpha value is -1.32. The van der Waals surface area contributed by atoms with Crippen molar-refractivity contribution in [3.63, 3.8) is 0 Å². The molecule has 2 unspecified atom stereocenters. The van der Waals surface area contributed by atoms with Gasteiger partial charge in [0, 0.05) is 12.3 Å². The van der Waals surface area contributed by atoms with Gasteiger partial charge in [0.15, 0.2) is 0 Å². The zero-order chi connectivity index (χ0) is 12.1. The number of nitrogens with two attached hydrogens (primary N) is 1. The SMILES string of the molecule is CCC(c1ccccc1)C(NN)C1=CCCO1. The minimum Gasteiger partial charge on any atom is -0.496 e. The number of hydrogen-bond acceptors (Lipinski definition) is 3. The third-order valence-electron chi connectivity index (χ3n) is 3.29. The van der Waals surface area contributed by atoms with Crippen LogP contribution in [0.3, 0.4) is 0 Å². The first-order valence-corrected chi connectivity index (χ1v) is 6.20. The van der Waals surface area contributed by atoms with Gasteiger partial charge in [0.2, 0.25) is 0 Å². The van der Waals surface area contributed by atoms with Crippen LogP contribution >= 0.6 is 0 Å². The molecule has 1 aromatic rings. The Bertz CT molecular complexity index is 375. The predicted octanol–water partition coefficient (Wildman–Crippen LogP) is 2.32. The lowest BCUT2D eigenvalue weighted by molar-refractivity contribution is 0.204. The molecule has 1 aromatic carbocycles. The third kappa shape index (κ3) is 2.68. The van der Waals surface area contributed by atoms with E-state index in [1.807, 2.05) is 6.07 Å². The van der Waals surface area contributed by atoms with E-state index in [-0.39, 0.29) is 6.04 Å². The van der Waals surface area contributed by atoms with Gasteiger partial charge in [-0.05, 0) is 18.1 Å². The van der Waals surface area contributed by atoms with E-state index in [2.05, 4.69) is 42.7 Å². The van der Waals surface area contributed by atoms with Gasteiger partial charge >= 0.3 is 0 Å². The summed E-state index contributed by atoms with van der Waals surface area (Å²) < 4.78 is 5.63. The topological polar surface area (TPSA) is 47.3 Å². The van der Waals surface area contributed by atoms with Gasteiger partial charge in [-0.25, -0.2) is 5.43 Å². The molecule has 2 rings (SSSR count). The maximum Gasteiger partial charge on any atom is 0.111 e. The van der Waals surface area contributed by atoms with E-state index in [4.69, 9.17) is 10.6 Å². The molecule has 0 spiro atoms. The normalized spacial score (nSPS) is 18.4. The van der Waals surface area contributed by atoms with Crippen LogP contribution in [-0.2, 0) is 4.74 Å². The molecule has 0 radical (unpaired) electrons. The van der Waals surface area contributed by atoms with E-state index >= 15 is 0 Å². The maximum absolute atomic E-state index is 5.70. The van der Waals surface area contributed by atoms with Crippen molar-refractivity contribution in [2.45, 2.75) is 31.7 Å². The zero-order valence-corrected chi connectivity index (χ0v) is 10.2. The second-order valence-electron chi connectivity index (χ2n) is 4.31. The van der Waals surface area contributed by atoms with Gasteiger partial charge in [0.1, 0.15) is 5.76 Å². The van der Waals surface area contributed by atoms with Crippen molar-refractivity contribution in [1.82, 2.24) is 5.43 Å². The van der Waals surface area contributed by atoms with Crippen LogP contribution in [0.2, 0.25) is 0 Å². The predicted molar refractivity (Wildman–Crippen MR) is 69.2 cm³/mol. The van der Waals surface area contributed by atoms with Crippen LogP contribution in [0.25, 0.3) is 0 Å². The standard InChI is InChI=1S/C14H20N2O/c1-2-12(11-7-4-3-5-8-11)14(16-15)13-9-6-10-17-13/h3-5,7-9,12,14,16H,2,6,10,15H2,1H3. The first kappa shape index (κ1) is 12.1. The highest BCUT2D eigenvalue weighted by Gasteiger charge is 2.26. The van der Waals surface area contributed by atoms with E-state index in [1.165, 1.54) is 5.56 Å². The van der Waals surface area contributed by atoms with E-state index in [1.54, 1.807) is 0 Å². The molecule has 0 amide bonds. The molecule has 1 aliphatic heterocycles. The number of ether oxygens (including phenoxy) is 1. The molecule has 0 bridgehead atoms. The largest absolute Gasteiger partial charge is 0.496 e. The zero-order valence-electron chi connectivity index (χ0n) is 10.2. The summed E-state index contributed by atoms with van der Waals surface area (Å²) >= 11 is 0. The molecule has 2 atom stereocenters. The monoisotopic (exact) mass is 232 g/mol. The van der Waals surface area contributed by atoms with Crippen molar-refractivity contribution in [2.24, 2.45) is 5.84 Å². The quantitative estimate of drug-likeness (QED) is 0.605. The molecule has 1 aliphatic rings. The summed E-state index contributed by atoms with van der Waals surface area (Å²) in [6.07, 6.45) is 4.15. The lowest BCUT2D eigenvalue weighted by Gasteiger charge is -2.26. The van der Waals surface area contributed by atoms with Gasteiger partial charge in [-0.1, -0.05) is 37.3 Å². The van der Waals surface area contributed by atoms with Crippen molar-refractivity contribution >= 4 is 0 Å². The lowest BCUT2D eigenvalue weighted by Crippen LogP contribution is -2.41. The summed E-state index contributed by atoms with van der Waals surface area (Å²) in [6, 6.07) is 10.5. The van der Waals surface area contributed by atoms with Gasteiger partial charge in [0.05, 0.1) is 12.6 Å². The van der Waals surface area contributed by atoms with E-state index in [0.29, 0.717) is 5.92 Å². The second-order valence-corrected chi connectivity index (χ2v) is 4.31. The van der Waals surface area contributed by atoms with Crippen LogP contribution in [0.15, 0.2) is 42.2 Å². The second kappa shape index (κ2) is 5.84. The minimum absolute atomic E-state index is 0.0740. The minimum atomic E-state index is 0.0740. The summed E-state index contributed by atoms with van der Waals surface area (Å²) in [5.74, 6) is 7.04. The summed E-state index contributed by atoms with van der Waals surface area (Å²) in [4.78, 5) is 0. The molecule has 0 fully saturated rings. The Morgan fingerprint density at radius 1 is 1.35 bits per heavy atom. The molecule has 0 saturated carbocycles. The molecule has 17 heavy (non-hydrogen) atoms. The van der Waals surface area contributed by atoms with Crippen molar-refractivity contribution in [1.29, 1.82) is 0 Å². The summed E-state index contributed by atoms with van der Waals surface area (Å²) in [7, 11) is 0. The fourth-order valence-electron chi connectivity index (χ4n) is 2.41. The molecule has 3 nitrogen and oxygen atoms in total. The number of rotatable bonds is 5. The van der Waals surface area contributed by atoms with Crippen molar-refractivity contribution in [3.05, 3.63) is 47.7 Å². The Kier molecular flexibility index (Phi) is 4.18. The lowest BCUT2D eigenvalue weighted by atomic mass is 9.88. The number of benzene rings is 1. The van der Waals surface area contributed by atoms with Gasteiger partial charge in [-0.2, -0.15) is 0 Å². The maximum atomic E-state index is 5.70. The van der Waals surface area contributed by atoms with E-state index < -0.39 is 0 Å². The average molecular weight is 232 g/mol. The van der Waals surface area contributed by atoms with Crippen molar-refractivity contribution in [3.8, 4) is 0 Å². The van der Waals surface area contributed by atoms with Gasteiger partial charge in [0.25, 0.3) is 0 Å². The Labute approximate surface area is 103 Å². The molecule has 3 heteroatoms. The number of hydrazine groups is 1. The molecule has 1 heterocycles.